The summed E-state index contributed by atoms with van der Waals surface area (Å²) in [4.78, 5) is 12.7. The zero-order valence-corrected chi connectivity index (χ0v) is 39.4. The highest BCUT2D eigenvalue weighted by Crippen LogP contribution is 2.69. The molecule has 4 aliphatic carbocycles. The van der Waals surface area contributed by atoms with Crippen LogP contribution >= 0.6 is 0 Å². The van der Waals surface area contributed by atoms with Crippen LogP contribution in [0.5, 0.6) is 0 Å². The first-order chi connectivity index (χ1) is 30.6. The van der Waals surface area contributed by atoms with Gasteiger partial charge in [-0.05, 0) is 78.6 Å². The first-order valence-corrected chi connectivity index (χ1v) is 23.9. The minimum absolute atomic E-state index is 0.0152. The molecule has 18 heteroatoms. The second-order valence-corrected chi connectivity index (χ2v) is 21.0. The molecular formula is C47H76O18. The molecule has 8 aliphatic rings. The lowest BCUT2D eigenvalue weighted by Crippen LogP contribution is -2.78. The Morgan fingerprint density at radius 1 is 0.662 bits per heavy atom. The van der Waals surface area contributed by atoms with Crippen molar-refractivity contribution in [1.29, 1.82) is 0 Å². The normalized spacial score (nSPS) is 54.8. The molecule has 0 amide bonds. The van der Waals surface area contributed by atoms with Gasteiger partial charge in [0.15, 0.2) is 25.2 Å². The number of carbonyl (C=O) groups is 1. The molecule has 0 spiro atoms. The number of methoxy groups -OCH3 is 2. The van der Waals surface area contributed by atoms with Crippen LogP contribution in [0.1, 0.15) is 113 Å². The minimum Gasteiger partial charge on any atom is -0.392 e. The molecule has 3 saturated carbocycles. The molecule has 4 aliphatic heterocycles. The molecule has 0 unspecified atom stereocenters. The molecular weight excluding hydrogens is 852 g/mol. The topological polar surface area (TPSA) is 251 Å². The average molecular weight is 929 g/mol. The number of rotatable bonds is 11. The number of aliphatic hydroxyl groups excluding tert-OH is 5. The maximum Gasteiger partial charge on any atom is 0.161 e. The monoisotopic (exact) mass is 929 g/mol. The van der Waals surface area contributed by atoms with Gasteiger partial charge in [-0.2, -0.15) is 0 Å². The van der Waals surface area contributed by atoms with Crippen molar-refractivity contribution in [3.8, 4) is 0 Å². The van der Waals surface area contributed by atoms with E-state index in [2.05, 4.69) is 6.92 Å². The Morgan fingerprint density at radius 3 is 1.72 bits per heavy atom. The third kappa shape index (κ3) is 8.53. The number of aliphatic hydroxyl groups is 7. The summed E-state index contributed by atoms with van der Waals surface area (Å²) in [6.45, 7) is 12.3. The second kappa shape index (κ2) is 18.8. The van der Waals surface area contributed by atoms with Gasteiger partial charge in [-0.15, -0.1) is 0 Å². The number of Topliss-reactive ketones (excluding diaryl/α,β-unsaturated/α-hetero) is 1. The first kappa shape index (κ1) is 50.1. The fourth-order valence-electron chi connectivity index (χ4n) is 13.6. The standard InChI is InChI=1S/C47H76O18/c1-21(48)28-15-35(52)47(55)45(28,7)34(51)20-33-44(6)12-11-27(14-26(44)10-13-46(33,47)54)62-38-19-32(57-9)43(25(5)61-38)65-37-17-30(50)41(23(3)60-37)63-36-16-29(49)42(24(4)59-36)64-39-18-31(56-8)40(53)22(2)58-39/h10,22-25,27-43,49-55H,11-20H2,1-9H3/t22-,23-,24-,25-,27-,28+,29-,30-,31-,32-,33+,34-,35-,36+,37+,38+,39+,40-,41-,42-,43-,44+,45+,46+,47-/m1/s1. The lowest BCUT2D eigenvalue weighted by atomic mass is 9.42. The van der Waals surface area contributed by atoms with Crippen LogP contribution in [0, 0.1) is 22.7 Å². The second-order valence-electron chi connectivity index (χ2n) is 21.0. The Hall–Kier alpha value is -1.27. The zero-order chi connectivity index (χ0) is 47.1. The molecule has 0 aromatic heterocycles. The summed E-state index contributed by atoms with van der Waals surface area (Å²) >= 11 is 0. The van der Waals surface area contributed by atoms with Gasteiger partial charge in [0.2, 0.25) is 0 Å². The average Bonchev–Trinajstić information content (AvgIpc) is 3.47. The third-order valence-corrected chi connectivity index (χ3v) is 17.4. The van der Waals surface area contributed by atoms with Crippen LogP contribution in [0.25, 0.3) is 0 Å². The first-order valence-electron chi connectivity index (χ1n) is 23.9. The third-order valence-electron chi connectivity index (χ3n) is 17.4. The van der Waals surface area contributed by atoms with E-state index in [1.165, 1.54) is 14.0 Å². The summed E-state index contributed by atoms with van der Waals surface area (Å²) in [5.41, 5.74) is -4.75. The minimum atomic E-state index is -2.08. The molecule has 25 atom stereocenters. The summed E-state index contributed by atoms with van der Waals surface area (Å²) in [6.07, 6.45) is -8.61. The van der Waals surface area contributed by atoms with E-state index in [1.54, 1.807) is 34.8 Å². The van der Waals surface area contributed by atoms with E-state index < -0.39 is 144 Å². The molecule has 8 rings (SSSR count). The highest BCUT2D eigenvalue weighted by atomic mass is 16.8. The van der Waals surface area contributed by atoms with E-state index in [0.29, 0.717) is 32.1 Å². The van der Waals surface area contributed by atoms with Crippen LogP contribution in [0.4, 0.5) is 0 Å². The van der Waals surface area contributed by atoms with Crippen LogP contribution < -0.4 is 0 Å². The predicted molar refractivity (Wildman–Crippen MR) is 226 cm³/mol. The summed E-state index contributed by atoms with van der Waals surface area (Å²) in [7, 11) is 3.13. The molecule has 372 valence electrons. The van der Waals surface area contributed by atoms with Crippen LogP contribution in [0.3, 0.4) is 0 Å². The molecule has 18 nitrogen and oxygen atoms in total. The Labute approximate surface area is 382 Å². The Balaban J connectivity index is 0.832. The number of carbonyl (C=O) groups excluding carboxylic acids is 1. The van der Waals surface area contributed by atoms with Crippen LogP contribution in [0.15, 0.2) is 11.6 Å². The molecule has 4 heterocycles. The van der Waals surface area contributed by atoms with Gasteiger partial charge in [-0.3, -0.25) is 4.79 Å². The van der Waals surface area contributed by atoms with Crippen LogP contribution in [0.2, 0.25) is 0 Å². The zero-order valence-electron chi connectivity index (χ0n) is 39.4. The highest BCUT2D eigenvalue weighted by molar-refractivity contribution is 5.80. The largest absolute Gasteiger partial charge is 0.392 e. The molecule has 7 fully saturated rings. The Morgan fingerprint density at radius 2 is 1.17 bits per heavy atom. The lowest BCUT2D eigenvalue weighted by Gasteiger charge is -2.66. The van der Waals surface area contributed by atoms with E-state index in [-0.39, 0.29) is 44.0 Å². The smallest absolute Gasteiger partial charge is 0.161 e. The van der Waals surface area contributed by atoms with Crippen molar-refractivity contribution in [2.75, 3.05) is 14.2 Å². The van der Waals surface area contributed by atoms with Crippen LogP contribution in [-0.4, -0.2) is 184 Å². The SMILES string of the molecule is CO[C@@H]1C[C@H](O[C@H]2[C@H](O)C[C@H](O[C@H]3[C@H](O)C[C@H](O[C@@H]4[C@@H](C)O[C@@H](O[C@@H]5CC[C@@]6(C)C(=CC[C@]7(O)[C@H]6C[C@@H](O)[C@]6(C)[C@H](C(C)=O)C[C@@H](O)[C@@]67O)C5)C[C@H]4OC)O[C@@H]3C)O[C@@H]2C)O[C@H](C)[C@H]1O. The molecule has 7 N–H and O–H groups in total. The van der Waals surface area contributed by atoms with Crippen molar-refractivity contribution >= 4 is 5.78 Å². The van der Waals surface area contributed by atoms with E-state index in [4.69, 9.17) is 47.4 Å². The van der Waals surface area contributed by atoms with Crippen molar-refractivity contribution in [3.63, 3.8) is 0 Å². The van der Waals surface area contributed by atoms with Crippen molar-refractivity contribution in [2.24, 2.45) is 22.7 Å². The van der Waals surface area contributed by atoms with Crippen LogP contribution in [-0.2, 0) is 52.2 Å². The summed E-state index contributed by atoms with van der Waals surface area (Å²) in [6, 6.07) is 0. The molecule has 0 radical (unpaired) electrons. The van der Waals surface area contributed by atoms with Crippen molar-refractivity contribution in [3.05, 3.63) is 11.6 Å². The van der Waals surface area contributed by atoms with Gasteiger partial charge in [0, 0.05) is 57.2 Å². The van der Waals surface area contributed by atoms with Crippen molar-refractivity contribution < 1.29 is 87.9 Å². The number of hydrogen-bond acceptors (Lipinski definition) is 18. The number of ketones is 1. The number of fused-ring (bicyclic) bond motifs is 5. The molecule has 0 bridgehead atoms. The van der Waals surface area contributed by atoms with Gasteiger partial charge >= 0.3 is 0 Å². The quantitative estimate of drug-likeness (QED) is 0.145. The maximum atomic E-state index is 12.7. The molecule has 4 saturated heterocycles. The van der Waals surface area contributed by atoms with Gasteiger partial charge in [0.25, 0.3) is 0 Å². The molecule has 65 heavy (non-hydrogen) atoms. The van der Waals surface area contributed by atoms with Gasteiger partial charge < -0.3 is 83.1 Å². The molecule has 0 aromatic carbocycles. The number of ether oxygens (including phenoxy) is 10. The summed E-state index contributed by atoms with van der Waals surface area (Å²) < 4.78 is 61.4. The maximum absolute atomic E-state index is 12.7. The van der Waals surface area contributed by atoms with Crippen molar-refractivity contribution in [1.82, 2.24) is 0 Å². The fourth-order valence-corrected chi connectivity index (χ4v) is 13.6. The van der Waals surface area contributed by atoms with E-state index >= 15 is 0 Å². The fraction of sp³-hybridized carbons (Fsp3) is 0.936. The van der Waals surface area contributed by atoms with E-state index in [0.717, 1.165) is 5.57 Å². The van der Waals surface area contributed by atoms with Gasteiger partial charge in [0.05, 0.1) is 67.1 Å². The van der Waals surface area contributed by atoms with E-state index in [1.807, 2.05) is 13.0 Å². The predicted octanol–water partition coefficient (Wildman–Crippen LogP) is 1.52. The van der Waals surface area contributed by atoms with E-state index in [9.17, 15) is 40.5 Å². The summed E-state index contributed by atoms with van der Waals surface area (Å²) in [5, 5.41) is 80.7. The Bertz CT molecular complexity index is 1700. The summed E-state index contributed by atoms with van der Waals surface area (Å²) in [5.74, 6) is -1.56. The molecule has 0 aromatic rings. The number of hydrogen-bond donors (Lipinski definition) is 7. The van der Waals surface area contributed by atoms with Gasteiger partial charge in [-0.25, -0.2) is 0 Å². The lowest BCUT2D eigenvalue weighted by molar-refractivity contribution is -0.345. The highest BCUT2D eigenvalue weighted by Gasteiger charge is 2.79. The Kier molecular flexibility index (Phi) is 14.5. The van der Waals surface area contributed by atoms with Gasteiger partial charge in [-0.1, -0.05) is 25.5 Å². The van der Waals surface area contributed by atoms with Crippen molar-refractivity contribution in [2.45, 2.75) is 241 Å². The van der Waals surface area contributed by atoms with Gasteiger partial charge in [0.1, 0.15) is 41.4 Å².